The van der Waals surface area contributed by atoms with Gasteiger partial charge in [-0.1, -0.05) is 6.07 Å². The van der Waals surface area contributed by atoms with E-state index >= 15 is 0 Å². The maximum absolute atomic E-state index is 13.2. The summed E-state index contributed by atoms with van der Waals surface area (Å²) < 4.78 is 39.6. The summed E-state index contributed by atoms with van der Waals surface area (Å²) in [6.45, 7) is 1.93. The van der Waals surface area contributed by atoms with E-state index in [4.69, 9.17) is 0 Å². The lowest BCUT2D eigenvalue weighted by Crippen LogP contribution is -2.14. The lowest BCUT2D eigenvalue weighted by Gasteiger charge is -2.15. The number of carbonyl (C=O) groups is 1. The van der Waals surface area contributed by atoms with Gasteiger partial charge in [-0.2, -0.15) is 13.2 Å². The van der Waals surface area contributed by atoms with E-state index in [0.29, 0.717) is 16.9 Å². The van der Waals surface area contributed by atoms with Crippen LogP contribution in [0.3, 0.4) is 0 Å². The number of anilines is 1. The molecule has 35 heavy (non-hydrogen) atoms. The lowest BCUT2D eigenvalue weighted by atomic mass is 9.97. The molecule has 4 rings (SSSR count). The summed E-state index contributed by atoms with van der Waals surface area (Å²) in [6.07, 6.45) is 2.52. The highest BCUT2D eigenvalue weighted by molar-refractivity contribution is 7.98. The van der Waals surface area contributed by atoms with Crippen LogP contribution in [0.2, 0.25) is 0 Å². The fourth-order valence-corrected chi connectivity index (χ4v) is 4.16. The van der Waals surface area contributed by atoms with E-state index < -0.39 is 17.6 Å². The molecule has 1 N–H and O–H groups in total. The molecule has 5 nitrogen and oxygen atoms in total. The Kier molecular flexibility index (Phi) is 7.16. The second kappa shape index (κ2) is 10.3. The van der Waals surface area contributed by atoms with Crippen molar-refractivity contribution in [3.63, 3.8) is 0 Å². The number of aryl methyl sites for hydroxylation is 1. The number of nitrogens with one attached hydrogen (secondary N) is 1. The van der Waals surface area contributed by atoms with Crippen LogP contribution in [0.15, 0.2) is 78.2 Å². The number of thioether (sulfide) groups is 1. The number of alkyl halides is 3. The first-order chi connectivity index (χ1) is 16.8. The van der Waals surface area contributed by atoms with Crippen LogP contribution in [0, 0.1) is 6.92 Å². The normalized spacial score (nSPS) is 11.3. The maximum Gasteiger partial charge on any atom is 0.416 e. The van der Waals surface area contributed by atoms with Crippen molar-refractivity contribution in [2.24, 2.45) is 0 Å². The van der Waals surface area contributed by atoms with Crippen LogP contribution < -0.4 is 5.32 Å². The Morgan fingerprint density at radius 3 is 2.57 bits per heavy atom. The third-order valence-electron chi connectivity index (χ3n) is 5.49. The zero-order chi connectivity index (χ0) is 25.0. The molecule has 2 aromatic heterocycles. The molecule has 4 aromatic rings. The maximum atomic E-state index is 13.2. The van der Waals surface area contributed by atoms with Gasteiger partial charge in [0.2, 0.25) is 0 Å². The quantitative estimate of drug-likeness (QED) is 0.313. The summed E-state index contributed by atoms with van der Waals surface area (Å²) in [5, 5.41) is 2.65. The number of amides is 1. The van der Waals surface area contributed by atoms with Crippen LogP contribution in [0.1, 0.15) is 32.7 Å². The van der Waals surface area contributed by atoms with Crippen molar-refractivity contribution in [1.29, 1.82) is 0 Å². The second-order valence-electron chi connectivity index (χ2n) is 7.78. The standard InChI is InChI=1S/C26H21F3N4OS/c1-16-5-6-17(25(34)33-23-14-19(26(27,28)29)7-8-24(23)35-2)12-18(16)13-22-20(4-3-10-31-22)21-9-11-30-15-32-21/h3-12,14-15H,13H2,1-2H3,(H,33,34). The van der Waals surface area contributed by atoms with Crippen molar-refractivity contribution in [1.82, 2.24) is 15.0 Å². The van der Waals surface area contributed by atoms with E-state index in [1.165, 1.54) is 24.2 Å². The molecule has 0 unspecified atom stereocenters. The van der Waals surface area contributed by atoms with Crippen LogP contribution in [0.25, 0.3) is 11.3 Å². The van der Waals surface area contributed by atoms with Crippen LogP contribution in [0.5, 0.6) is 0 Å². The lowest BCUT2D eigenvalue weighted by molar-refractivity contribution is -0.137. The molecule has 2 heterocycles. The van der Waals surface area contributed by atoms with Gasteiger partial charge in [-0.05, 0) is 72.8 Å². The molecule has 0 aliphatic heterocycles. The van der Waals surface area contributed by atoms with Gasteiger partial charge in [0, 0.05) is 34.8 Å². The minimum atomic E-state index is -4.50. The van der Waals surface area contributed by atoms with E-state index in [9.17, 15) is 18.0 Å². The van der Waals surface area contributed by atoms with Gasteiger partial charge in [-0.3, -0.25) is 9.78 Å². The van der Waals surface area contributed by atoms with Crippen molar-refractivity contribution in [3.8, 4) is 11.3 Å². The molecule has 0 bridgehead atoms. The van der Waals surface area contributed by atoms with Gasteiger partial charge < -0.3 is 5.32 Å². The summed E-state index contributed by atoms with van der Waals surface area (Å²) in [7, 11) is 0. The molecule has 1 amide bonds. The monoisotopic (exact) mass is 494 g/mol. The smallest absolute Gasteiger partial charge is 0.321 e. The second-order valence-corrected chi connectivity index (χ2v) is 8.63. The highest BCUT2D eigenvalue weighted by Crippen LogP contribution is 2.35. The Morgan fingerprint density at radius 2 is 1.86 bits per heavy atom. The molecule has 0 radical (unpaired) electrons. The zero-order valence-electron chi connectivity index (χ0n) is 18.9. The number of hydrogen-bond donors (Lipinski definition) is 1. The molecule has 0 saturated carbocycles. The molecule has 0 aliphatic carbocycles. The number of halogens is 3. The highest BCUT2D eigenvalue weighted by Gasteiger charge is 2.31. The molecule has 2 aromatic carbocycles. The Morgan fingerprint density at radius 1 is 1.03 bits per heavy atom. The number of aromatic nitrogens is 3. The first-order valence-corrected chi connectivity index (χ1v) is 11.8. The third kappa shape index (κ3) is 5.68. The van der Waals surface area contributed by atoms with Gasteiger partial charge in [-0.15, -0.1) is 11.8 Å². The fraction of sp³-hybridized carbons (Fsp3) is 0.154. The molecular formula is C26H21F3N4OS. The number of nitrogens with zero attached hydrogens (tertiary/aromatic N) is 3. The summed E-state index contributed by atoms with van der Waals surface area (Å²) in [5.74, 6) is -0.488. The first kappa shape index (κ1) is 24.4. The van der Waals surface area contributed by atoms with Crippen LogP contribution >= 0.6 is 11.8 Å². The molecule has 0 aliphatic rings. The van der Waals surface area contributed by atoms with Crippen LogP contribution in [0.4, 0.5) is 18.9 Å². The van der Waals surface area contributed by atoms with Gasteiger partial charge in [0.15, 0.2) is 0 Å². The van der Waals surface area contributed by atoms with Gasteiger partial charge >= 0.3 is 6.18 Å². The van der Waals surface area contributed by atoms with E-state index in [2.05, 4.69) is 20.3 Å². The predicted molar refractivity (Wildman–Crippen MR) is 130 cm³/mol. The van der Waals surface area contributed by atoms with Crippen molar-refractivity contribution >= 4 is 23.4 Å². The van der Waals surface area contributed by atoms with E-state index in [0.717, 1.165) is 40.2 Å². The SMILES string of the molecule is CSc1ccc(C(F)(F)F)cc1NC(=O)c1ccc(C)c(Cc2ncccc2-c2ccncn2)c1. The van der Waals surface area contributed by atoms with E-state index in [-0.39, 0.29) is 5.69 Å². The summed E-state index contributed by atoms with van der Waals surface area (Å²) in [6, 6.07) is 14.1. The average Bonchev–Trinajstić information content (AvgIpc) is 2.85. The Labute approximate surface area is 204 Å². The van der Waals surface area contributed by atoms with Gasteiger partial charge in [-0.25, -0.2) is 9.97 Å². The zero-order valence-corrected chi connectivity index (χ0v) is 19.7. The largest absolute Gasteiger partial charge is 0.416 e. The molecule has 0 saturated heterocycles. The van der Waals surface area contributed by atoms with E-state index in [1.54, 1.807) is 36.8 Å². The Hall–Kier alpha value is -3.72. The van der Waals surface area contributed by atoms with Crippen LogP contribution in [-0.4, -0.2) is 27.1 Å². The van der Waals surface area contributed by atoms with Crippen molar-refractivity contribution < 1.29 is 18.0 Å². The van der Waals surface area contributed by atoms with Crippen molar-refractivity contribution in [2.45, 2.75) is 24.4 Å². The van der Waals surface area contributed by atoms with Gasteiger partial charge in [0.1, 0.15) is 6.33 Å². The van der Waals surface area contributed by atoms with Gasteiger partial charge in [0.25, 0.3) is 5.91 Å². The molecule has 0 fully saturated rings. The molecule has 0 atom stereocenters. The number of rotatable bonds is 6. The molecular weight excluding hydrogens is 473 g/mol. The van der Waals surface area contributed by atoms with E-state index in [1.807, 2.05) is 25.1 Å². The number of benzene rings is 2. The minimum Gasteiger partial charge on any atom is -0.321 e. The fourth-order valence-electron chi connectivity index (χ4n) is 3.62. The highest BCUT2D eigenvalue weighted by atomic mass is 32.2. The van der Waals surface area contributed by atoms with Crippen LogP contribution in [-0.2, 0) is 12.6 Å². The average molecular weight is 495 g/mol. The predicted octanol–water partition coefficient (Wildman–Crippen LogP) is 6.43. The summed E-state index contributed by atoms with van der Waals surface area (Å²) in [5.41, 5.74) is 3.87. The number of carbonyl (C=O) groups excluding carboxylic acids is 1. The third-order valence-corrected chi connectivity index (χ3v) is 6.29. The van der Waals surface area contributed by atoms with Crippen molar-refractivity contribution in [2.75, 3.05) is 11.6 Å². The Bertz CT molecular complexity index is 1360. The minimum absolute atomic E-state index is 0.121. The van der Waals surface area contributed by atoms with Gasteiger partial charge in [0.05, 0.1) is 22.6 Å². The van der Waals surface area contributed by atoms with Crippen molar-refractivity contribution in [3.05, 3.63) is 101 Å². The molecule has 9 heteroatoms. The summed E-state index contributed by atoms with van der Waals surface area (Å²) in [4.78, 5) is 26.3. The molecule has 0 spiro atoms. The first-order valence-electron chi connectivity index (χ1n) is 10.6. The number of hydrogen-bond acceptors (Lipinski definition) is 5. The Balaban J connectivity index is 1.63. The number of pyridine rings is 1. The summed E-state index contributed by atoms with van der Waals surface area (Å²) >= 11 is 1.26. The molecule has 178 valence electrons. The topological polar surface area (TPSA) is 67.8 Å².